The van der Waals surface area contributed by atoms with E-state index in [9.17, 15) is 67.4 Å². The van der Waals surface area contributed by atoms with E-state index in [0.29, 0.717) is 12.0 Å². The zero-order chi connectivity index (χ0) is 51.2. The molecule has 1 saturated heterocycles. The topological polar surface area (TPSA) is 446 Å². The largest absolute Gasteiger partial charge is 0.508 e. The van der Waals surface area contributed by atoms with Crippen LogP contribution in [0, 0.1) is 5.92 Å². The molecule has 13 amide bonds. The van der Waals surface area contributed by atoms with Gasteiger partial charge in [-0.2, -0.15) is 0 Å². The molecule has 1 aromatic rings. The fraction of sp³-hybridized carbons (Fsp3) is 0.537. The minimum absolute atomic E-state index is 0.0815. The molecule has 0 radical (unpaired) electrons. The van der Waals surface area contributed by atoms with Gasteiger partial charge in [0.05, 0.1) is 19.5 Å². The number of carbonyl (C=O) groups is 13. The van der Waals surface area contributed by atoms with Crippen LogP contribution in [0.15, 0.2) is 24.3 Å². The Hall–Kier alpha value is -7.87. The highest BCUT2D eigenvalue weighted by molar-refractivity contribution is 5.99. The zero-order valence-electron chi connectivity index (χ0n) is 37.8. The second-order valence-electron chi connectivity index (χ2n) is 16.0. The Bertz CT molecular complexity index is 2070. The van der Waals surface area contributed by atoms with Crippen molar-refractivity contribution in [2.45, 2.75) is 108 Å². The van der Waals surface area contributed by atoms with Crippen molar-refractivity contribution in [3.63, 3.8) is 0 Å². The van der Waals surface area contributed by atoms with Gasteiger partial charge in [-0.15, -0.1) is 0 Å². The van der Waals surface area contributed by atoms with Gasteiger partial charge in [-0.25, -0.2) is 0 Å². The van der Waals surface area contributed by atoms with Crippen LogP contribution in [0.4, 0.5) is 0 Å². The maximum atomic E-state index is 14.0. The summed E-state index contributed by atoms with van der Waals surface area (Å²) in [7, 11) is 1.09. The predicted octanol–water partition coefficient (Wildman–Crippen LogP) is -6.73. The monoisotopic (exact) mass is 959 g/mol. The average Bonchev–Trinajstić information content (AvgIpc) is 3.26. The van der Waals surface area contributed by atoms with Crippen molar-refractivity contribution in [2.24, 2.45) is 28.9 Å². The summed E-state index contributed by atoms with van der Waals surface area (Å²) in [4.78, 5) is 169. The van der Waals surface area contributed by atoms with Gasteiger partial charge in [0.1, 0.15) is 42.0 Å². The Morgan fingerprint density at radius 3 is 1.91 bits per heavy atom. The third-order valence-corrected chi connectivity index (χ3v) is 10.4. The summed E-state index contributed by atoms with van der Waals surface area (Å²) in [5.41, 5.74) is 21.5. The van der Waals surface area contributed by atoms with E-state index in [1.165, 1.54) is 24.3 Å². The molecule has 0 saturated carbocycles. The van der Waals surface area contributed by atoms with Crippen LogP contribution in [0.25, 0.3) is 0 Å². The normalized spacial score (nSPS) is 20.8. The van der Waals surface area contributed by atoms with E-state index in [-0.39, 0.29) is 25.0 Å². The molecule has 0 aliphatic carbocycles. The van der Waals surface area contributed by atoms with Gasteiger partial charge >= 0.3 is 0 Å². The Labute approximate surface area is 390 Å². The van der Waals surface area contributed by atoms with E-state index in [1.807, 2.05) is 0 Å². The first kappa shape index (κ1) is 56.3. The highest BCUT2D eigenvalue weighted by Crippen LogP contribution is 2.14. The van der Waals surface area contributed by atoms with E-state index in [0.717, 1.165) is 11.9 Å². The molecule has 2 rings (SSSR count). The Morgan fingerprint density at radius 2 is 1.32 bits per heavy atom. The molecule has 0 spiro atoms. The number of aromatic hydroxyl groups is 1. The van der Waals surface area contributed by atoms with Gasteiger partial charge in [0.15, 0.2) is 0 Å². The summed E-state index contributed by atoms with van der Waals surface area (Å²) in [5, 5.41) is 28.8. The summed E-state index contributed by atoms with van der Waals surface area (Å²) >= 11 is 0. The lowest BCUT2D eigenvalue weighted by Gasteiger charge is -2.29. The van der Waals surface area contributed by atoms with Crippen LogP contribution in [-0.2, 0) is 68.7 Å². The molecule has 1 aromatic carbocycles. The minimum atomic E-state index is -1.88. The third-order valence-electron chi connectivity index (χ3n) is 10.4. The summed E-state index contributed by atoms with van der Waals surface area (Å²) in [6, 6.07) is -3.82. The highest BCUT2D eigenvalue weighted by Gasteiger charge is 2.36. The molecule has 0 unspecified atom stereocenters. The third kappa shape index (κ3) is 20.1. The SMILES string of the molecule is CC[C@H](C)[C@@H]1NC(=O)[C@H](Cc2ccc(O)cc2)NC(=O)CCC(=O)NC[C@@H](C(=O)N(C)CC(=O)N[C@@H](CCC(N)=O)C(=O)NCC(N)=O)NC(=O)[C@H](CC(N)=O)NC(=O)[C@H](CCC(N)=O)NC1=O. The van der Waals surface area contributed by atoms with Gasteiger partial charge in [0.2, 0.25) is 76.8 Å². The molecule has 7 atom stereocenters. The fourth-order valence-corrected chi connectivity index (χ4v) is 6.45. The Kier molecular flexibility index (Phi) is 22.8. The molecule has 1 heterocycles. The van der Waals surface area contributed by atoms with Crippen LogP contribution in [0.3, 0.4) is 0 Å². The number of carbonyl (C=O) groups excluding carboxylic acids is 13. The standard InChI is InChI=1S/C41H61N13O14/c1-4-20(2)35-40(67)50-24(10-12-29(43)57)37(64)51-26(16-30(44)58)38(65)52-27(41(68)54(3)19-34(62)48-23(9-11-28(42)56)36(63)47-18-31(45)59)17-46-32(60)13-14-33(61)49-25(39(66)53-35)15-21-5-7-22(55)8-6-21/h5-8,20,23-27,35,55H,4,9-19H2,1-3H3,(H2,42,56)(H2,43,57)(H2,44,58)(H2,45,59)(H,46,60)(H,47,63)(H,48,62)(H,49,61)(H,50,67)(H,51,64)(H,52,65)(H,53,66)/t20-,23-,24-,25-,26-,27-,35-/m0/s1. The van der Waals surface area contributed by atoms with Crippen LogP contribution in [0.1, 0.15) is 70.8 Å². The number of rotatable bonds is 19. The van der Waals surface area contributed by atoms with E-state index < -0.39 is 171 Å². The van der Waals surface area contributed by atoms with Gasteiger partial charge < -0.3 is 75.5 Å². The molecular formula is C41H61N13O14. The number of phenolic OH excluding ortho intramolecular Hbond substituents is 1. The Morgan fingerprint density at radius 1 is 0.735 bits per heavy atom. The average molecular weight is 960 g/mol. The fourth-order valence-electron chi connectivity index (χ4n) is 6.45. The summed E-state index contributed by atoms with van der Waals surface area (Å²) in [5.74, 6) is -13.3. The number of nitrogens with one attached hydrogen (secondary N) is 8. The molecule has 68 heavy (non-hydrogen) atoms. The number of phenols is 1. The lowest BCUT2D eigenvalue weighted by Crippen LogP contribution is -2.61. The summed E-state index contributed by atoms with van der Waals surface area (Å²) < 4.78 is 0. The van der Waals surface area contributed by atoms with Crippen LogP contribution in [0.2, 0.25) is 0 Å². The number of nitrogens with two attached hydrogens (primary N) is 4. The minimum Gasteiger partial charge on any atom is -0.508 e. The van der Waals surface area contributed by atoms with Crippen molar-refractivity contribution in [1.29, 1.82) is 0 Å². The first-order valence-electron chi connectivity index (χ1n) is 21.4. The van der Waals surface area contributed by atoms with Crippen molar-refractivity contribution in [3.8, 4) is 5.75 Å². The first-order valence-corrected chi connectivity index (χ1v) is 21.4. The van der Waals surface area contributed by atoms with Crippen LogP contribution < -0.4 is 65.5 Å². The van der Waals surface area contributed by atoms with Gasteiger partial charge in [-0.1, -0.05) is 32.4 Å². The molecule has 1 aliphatic heterocycles. The molecule has 374 valence electrons. The lowest BCUT2D eigenvalue weighted by molar-refractivity contribution is -0.140. The molecule has 1 fully saturated rings. The van der Waals surface area contributed by atoms with Crippen LogP contribution in [-0.4, -0.2) is 150 Å². The van der Waals surface area contributed by atoms with Gasteiger partial charge in [0.25, 0.3) is 0 Å². The predicted molar refractivity (Wildman–Crippen MR) is 236 cm³/mol. The quantitative estimate of drug-likeness (QED) is 0.0614. The number of primary amides is 4. The molecule has 1 aliphatic rings. The van der Waals surface area contributed by atoms with E-state index in [4.69, 9.17) is 22.9 Å². The van der Waals surface area contributed by atoms with Crippen molar-refractivity contribution >= 4 is 76.8 Å². The number of benzene rings is 1. The van der Waals surface area contributed by atoms with E-state index in [2.05, 4.69) is 42.5 Å². The number of hydrogen-bond acceptors (Lipinski definition) is 14. The second-order valence-corrected chi connectivity index (χ2v) is 16.0. The smallest absolute Gasteiger partial charge is 0.247 e. The van der Waals surface area contributed by atoms with Gasteiger partial charge in [-0.3, -0.25) is 62.3 Å². The number of hydrogen-bond donors (Lipinski definition) is 13. The molecular weight excluding hydrogens is 899 g/mol. The van der Waals surface area contributed by atoms with Crippen LogP contribution >= 0.6 is 0 Å². The number of nitrogens with zero attached hydrogens (tertiary/aromatic N) is 1. The van der Waals surface area contributed by atoms with E-state index >= 15 is 0 Å². The maximum absolute atomic E-state index is 14.0. The van der Waals surface area contributed by atoms with Gasteiger partial charge in [-0.05, 0) is 36.5 Å². The van der Waals surface area contributed by atoms with Gasteiger partial charge in [0, 0.05) is 45.7 Å². The maximum Gasteiger partial charge on any atom is 0.247 e. The van der Waals surface area contributed by atoms with Crippen molar-refractivity contribution < 1.29 is 67.4 Å². The number of amides is 13. The lowest BCUT2D eigenvalue weighted by atomic mass is 9.96. The first-order chi connectivity index (χ1) is 31.9. The summed E-state index contributed by atoms with van der Waals surface area (Å²) in [6.07, 6.45) is -3.45. The molecule has 0 bridgehead atoms. The van der Waals surface area contributed by atoms with E-state index in [1.54, 1.807) is 13.8 Å². The molecule has 27 heteroatoms. The highest BCUT2D eigenvalue weighted by atomic mass is 16.3. The molecule has 17 N–H and O–H groups in total. The molecule has 27 nitrogen and oxygen atoms in total. The summed E-state index contributed by atoms with van der Waals surface area (Å²) in [6.45, 7) is 1.14. The van der Waals surface area contributed by atoms with Crippen LogP contribution in [0.5, 0.6) is 5.75 Å². The Balaban J connectivity index is 2.59. The molecule has 0 aromatic heterocycles. The van der Waals surface area contributed by atoms with Crippen molar-refractivity contribution in [1.82, 2.24) is 47.4 Å². The van der Waals surface area contributed by atoms with Crippen molar-refractivity contribution in [2.75, 3.05) is 26.7 Å². The van der Waals surface area contributed by atoms with Crippen molar-refractivity contribution in [3.05, 3.63) is 29.8 Å². The second kappa shape index (κ2) is 27.6. The zero-order valence-corrected chi connectivity index (χ0v) is 37.8. The number of likely N-dealkylation sites (N-methyl/N-ethyl adjacent to an activating group) is 1.